The average Bonchev–Trinajstić information content (AvgIpc) is 2.74. The zero-order valence-electron chi connectivity index (χ0n) is 19.1. The lowest BCUT2D eigenvalue weighted by atomic mass is 10.1. The monoisotopic (exact) mass is 461 g/mol. The highest BCUT2D eigenvalue weighted by Gasteiger charge is 2.30. The predicted octanol–water partition coefficient (Wildman–Crippen LogP) is 2.40. The first-order valence-corrected chi connectivity index (χ1v) is 12.1. The maximum Gasteiger partial charge on any atom is 0.244 e. The van der Waals surface area contributed by atoms with Crippen LogP contribution in [-0.2, 0) is 26.2 Å². The van der Waals surface area contributed by atoms with E-state index >= 15 is 0 Å². The fraction of sp³-hybridized carbons (Fsp3) is 0.391. The number of anilines is 1. The van der Waals surface area contributed by atoms with E-state index in [1.807, 2.05) is 19.9 Å². The number of nitrogens with zero attached hydrogens (tertiary/aromatic N) is 2. The Bertz CT molecular complexity index is 1020. The van der Waals surface area contributed by atoms with Gasteiger partial charge in [0, 0.05) is 12.6 Å². The van der Waals surface area contributed by atoms with Crippen LogP contribution in [-0.4, -0.2) is 57.1 Å². The quantitative estimate of drug-likeness (QED) is 0.586. The van der Waals surface area contributed by atoms with E-state index in [0.29, 0.717) is 11.4 Å². The molecule has 0 heterocycles. The molecule has 1 N–H and O–H groups in total. The number of sulfonamides is 1. The second-order valence-corrected chi connectivity index (χ2v) is 9.72. The minimum atomic E-state index is -3.73. The average molecular weight is 462 g/mol. The van der Waals surface area contributed by atoms with Crippen LogP contribution in [0.4, 0.5) is 5.69 Å². The van der Waals surface area contributed by atoms with Gasteiger partial charge in [-0.25, -0.2) is 8.42 Å². The zero-order valence-corrected chi connectivity index (χ0v) is 19.9. The number of para-hydroxylation sites is 1. The Morgan fingerprint density at radius 3 is 2.25 bits per heavy atom. The van der Waals surface area contributed by atoms with E-state index in [2.05, 4.69) is 5.32 Å². The molecule has 0 aliphatic carbocycles. The van der Waals surface area contributed by atoms with Crippen LogP contribution in [0.15, 0.2) is 54.6 Å². The van der Waals surface area contributed by atoms with E-state index in [-0.39, 0.29) is 18.5 Å². The molecule has 9 heteroatoms. The van der Waals surface area contributed by atoms with Gasteiger partial charge in [0.1, 0.15) is 18.3 Å². The van der Waals surface area contributed by atoms with Crippen molar-refractivity contribution < 1.29 is 22.7 Å². The summed E-state index contributed by atoms with van der Waals surface area (Å²) in [6.45, 7) is 4.99. The topological polar surface area (TPSA) is 96.0 Å². The second kappa shape index (κ2) is 11.0. The maximum atomic E-state index is 13.4. The van der Waals surface area contributed by atoms with Gasteiger partial charge in [-0.3, -0.25) is 13.9 Å². The molecule has 2 aromatic carbocycles. The van der Waals surface area contributed by atoms with Crippen molar-refractivity contribution >= 4 is 27.5 Å². The number of rotatable bonds is 10. The fourth-order valence-electron chi connectivity index (χ4n) is 3.16. The van der Waals surface area contributed by atoms with Crippen LogP contribution in [0, 0.1) is 0 Å². The van der Waals surface area contributed by atoms with Crippen molar-refractivity contribution in [2.75, 3.05) is 24.2 Å². The Hall–Kier alpha value is -3.07. The first kappa shape index (κ1) is 25.2. The summed E-state index contributed by atoms with van der Waals surface area (Å²) in [6.07, 6.45) is 1.05. The first-order valence-electron chi connectivity index (χ1n) is 10.3. The lowest BCUT2D eigenvalue weighted by molar-refractivity contribution is -0.139. The van der Waals surface area contributed by atoms with Gasteiger partial charge in [0.05, 0.1) is 19.1 Å². The van der Waals surface area contributed by atoms with Gasteiger partial charge < -0.3 is 15.0 Å². The number of benzene rings is 2. The zero-order chi connectivity index (χ0) is 23.9. The lowest BCUT2D eigenvalue weighted by Crippen LogP contribution is -2.52. The van der Waals surface area contributed by atoms with Gasteiger partial charge in [-0.1, -0.05) is 30.3 Å². The van der Waals surface area contributed by atoms with Gasteiger partial charge in [-0.15, -0.1) is 0 Å². The summed E-state index contributed by atoms with van der Waals surface area (Å²) in [6, 6.07) is 14.7. The Morgan fingerprint density at radius 2 is 1.69 bits per heavy atom. The van der Waals surface area contributed by atoms with Crippen molar-refractivity contribution in [3.05, 3.63) is 60.2 Å². The second-order valence-electron chi connectivity index (χ2n) is 7.82. The molecule has 1 atom stereocenters. The van der Waals surface area contributed by atoms with Gasteiger partial charge in [0.15, 0.2) is 0 Å². The molecule has 174 valence electrons. The van der Waals surface area contributed by atoms with Crippen LogP contribution in [0.5, 0.6) is 5.75 Å². The standard InChI is InChI=1S/C23H31N3O5S/c1-17(2)24-23(28)18(3)25(15-19-10-9-13-21(14-19)31-4)22(27)16-26(32(5,29)30)20-11-7-6-8-12-20/h6-14,17-18H,15-16H2,1-5H3,(H,24,28)/t18-/m1/s1. The van der Waals surface area contributed by atoms with E-state index in [1.165, 1.54) is 4.90 Å². The Morgan fingerprint density at radius 1 is 1.03 bits per heavy atom. The normalized spacial score (nSPS) is 12.2. The summed E-state index contributed by atoms with van der Waals surface area (Å²) in [4.78, 5) is 27.5. The Balaban J connectivity index is 2.37. The van der Waals surface area contributed by atoms with Crippen LogP contribution in [0.3, 0.4) is 0 Å². The van der Waals surface area contributed by atoms with Crippen molar-refractivity contribution in [2.45, 2.75) is 39.4 Å². The first-order chi connectivity index (χ1) is 15.0. The van der Waals surface area contributed by atoms with E-state index in [4.69, 9.17) is 4.74 Å². The van der Waals surface area contributed by atoms with Gasteiger partial charge in [0.25, 0.3) is 0 Å². The third kappa shape index (κ3) is 6.98. The SMILES string of the molecule is COc1cccc(CN(C(=O)CN(c2ccccc2)S(C)(=O)=O)[C@H](C)C(=O)NC(C)C)c1. The van der Waals surface area contributed by atoms with Crippen LogP contribution in [0.2, 0.25) is 0 Å². The molecule has 0 unspecified atom stereocenters. The summed E-state index contributed by atoms with van der Waals surface area (Å²) in [5.74, 6) is -0.188. The number of hydrogen-bond donors (Lipinski definition) is 1. The molecule has 0 radical (unpaired) electrons. The number of ether oxygens (including phenoxy) is 1. The predicted molar refractivity (Wildman–Crippen MR) is 125 cm³/mol. The molecule has 8 nitrogen and oxygen atoms in total. The van der Waals surface area contributed by atoms with Gasteiger partial charge >= 0.3 is 0 Å². The summed E-state index contributed by atoms with van der Waals surface area (Å²) in [5, 5.41) is 2.81. The largest absolute Gasteiger partial charge is 0.497 e. The van der Waals surface area contributed by atoms with E-state index < -0.39 is 28.5 Å². The van der Waals surface area contributed by atoms with Crippen LogP contribution in [0.25, 0.3) is 0 Å². The molecule has 0 spiro atoms. The van der Waals surface area contributed by atoms with Crippen molar-refractivity contribution in [1.29, 1.82) is 0 Å². The molecule has 0 aromatic heterocycles. The molecule has 0 saturated heterocycles. The van der Waals surface area contributed by atoms with E-state index in [1.54, 1.807) is 62.6 Å². The fourth-order valence-corrected chi connectivity index (χ4v) is 4.01. The summed E-state index contributed by atoms with van der Waals surface area (Å²) in [7, 11) is -2.18. The number of carbonyl (C=O) groups is 2. The number of carbonyl (C=O) groups excluding carboxylic acids is 2. The Labute approximate surface area is 190 Å². The molecule has 2 amide bonds. The lowest BCUT2D eigenvalue weighted by Gasteiger charge is -2.32. The molecule has 0 saturated carbocycles. The number of nitrogens with one attached hydrogen (secondary N) is 1. The van der Waals surface area contributed by atoms with E-state index in [9.17, 15) is 18.0 Å². The minimum absolute atomic E-state index is 0.101. The maximum absolute atomic E-state index is 13.4. The van der Waals surface area contributed by atoms with Crippen LogP contribution >= 0.6 is 0 Å². The number of amides is 2. The van der Waals surface area contributed by atoms with Crippen molar-refractivity contribution in [1.82, 2.24) is 10.2 Å². The van der Waals surface area contributed by atoms with Gasteiger partial charge in [-0.05, 0) is 50.6 Å². The molecule has 2 aromatic rings. The molecule has 0 aliphatic heterocycles. The molecule has 32 heavy (non-hydrogen) atoms. The van der Waals surface area contributed by atoms with Crippen molar-refractivity contribution in [3.63, 3.8) is 0 Å². The highest BCUT2D eigenvalue weighted by molar-refractivity contribution is 7.92. The Kier molecular flexibility index (Phi) is 8.65. The summed E-state index contributed by atoms with van der Waals surface area (Å²) >= 11 is 0. The van der Waals surface area contributed by atoms with Crippen LogP contribution < -0.4 is 14.4 Å². The summed E-state index contributed by atoms with van der Waals surface area (Å²) in [5.41, 5.74) is 1.14. The highest BCUT2D eigenvalue weighted by atomic mass is 32.2. The van der Waals surface area contributed by atoms with Gasteiger partial charge in [0.2, 0.25) is 21.8 Å². The number of hydrogen-bond acceptors (Lipinski definition) is 5. The van der Waals surface area contributed by atoms with E-state index in [0.717, 1.165) is 16.1 Å². The third-order valence-electron chi connectivity index (χ3n) is 4.81. The molecular weight excluding hydrogens is 430 g/mol. The molecule has 0 aliphatic rings. The molecule has 0 bridgehead atoms. The summed E-state index contributed by atoms with van der Waals surface area (Å²) < 4.78 is 31.2. The molecule has 0 fully saturated rings. The smallest absolute Gasteiger partial charge is 0.244 e. The molecule has 2 rings (SSSR count). The van der Waals surface area contributed by atoms with Crippen molar-refractivity contribution in [3.8, 4) is 5.75 Å². The minimum Gasteiger partial charge on any atom is -0.497 e. The van der Waals surface area contributed by atoms with Crippen LogP contribution in [0.1, 0.15) is 26.3 Å². The third-order valence-corrected chi connectivity index (χ3v) is 5.95. The number of methoxy groups -OCH3 is 1. The molecular formula is C23H31N3O5S. The van der Waals surface area contributed by atoms with Crippen molar-refractivity contribution in [2.24, 2.45) is 0 Å². The van der Waals surface area contributed by atoms with Gasteiger partial charge in [-0.2, -0.15) is 0 Å². The highest BCUT2D eigenvalue weighted by Crippen LogP contribution is 2.20.